The molecule has 0 unspecified atom stereocenters. The van der Waals surface area contributed by atoms with Crippen molar-refractivity contribution in [2.75, 3.05) is 6.61 Å². The van der Waals surface area contributed by atoms with Gasteiger partial charge < -0.3 is 4.74 Å². The van der Waals surface area contributed by atoms with Crippen LogP contribution in [0.4, 0.5) is 13.2 Å². The minimum Gasteiger partial charge on any atom is -0.494 e. The summed E-state index contributed by atoms with van der Waals surface area (Å²) in [7, 11) is 0. The van der Waals surface area contributed by atoms with Gasteiger partial charge in [-0.1, -0.05) is 81.2 Å². The number of hydrogen-bond donors (Lipinski definition) is 0. The SMILES string of the molecule is CCCCCC1CCC(c2ccc(-c3ccc(/C=C/c4ccc(OCC)cc4F)cc3)c(F)c2F)CC1. The van der Waals surface area contributed by atoms with Crippen LogP contribution in [-0.4, -0.2) is 6.61 Å². The van der Waals surface area contributed by atoms with E-state index in [1.54, 1.807) is 48.6 Å². The number of unbranched alkanes of at least 4 members (excludes halogenated alkanes) is 2. The summed E-state index contributed by atoms with van der Waals surface area (Å²) in [4.78, 5) is 0. The zero-order valence-electron chi connectivity index (χ0n) is 21.9. The normalized spacial score (nSPS) is 17.9. The highest BCUT2D eigenvalue weighted by molar-refractivity contribution is 5.73. The Hall–Kier alpha value is -3.01. The first-order chi connectivity index (χ1) is 18.0. The van der Waals surface area contributed by atoms with Gasteiger partial charge >= 0.3 is 0 Å². The molecule has 0 radical (unpaired) electrons. The first kappa shape index (κ1) is 27.0. The number of ether oxygens (including phenoxy) is 1. The van der Waals surface area contributed by atoms with Gasteiger partial charge in [0.2, 0.25) is 0 Å². The molecular weight excluding hydrogens is 469 g/mol. The van der Waals surface area contributed by atoms with Crippen molar-refractivity contribution in [3.8, 4) is 16.9 Å². The van der Waals surface area contributed by atoms with E-state index in [1.807, 2.05) is 19.1 Å². The summed E-state index contributed by atoms with van der Waals surface area (Å²) < 4.78 is 49.9. The summed E-state index contributed by atoms with van der Waals surface area (Å²) >= 11 is 0. The number of hydrogen-bond acceptors (Lipinski definition) is 1. The number of benzene rings is 3. The van der Waals surface area contributed by atoms with Gasteiger partial charge in [0.1, 0.15) is 11.6 Å². The van der Waals surface area contributed by atoms with Gasteiger partial charge in [-0.25, -0.2) is 13.2 Å². The van der Waals surface area contributed by atoms with Crippen molar-refractivity contribution in [2.24, 2.45) is 5.92 Å². The van der Waals surface area contributed by atoms with E-state index in [-0.39, 0.29) is 17.3 Å². The predicted molar refractivity (Wildman–Crippen MR) is 147 cm³/mol. The van der Waals surface area contributed by atoms with Gasteiger partial charge in [0.25, 0.3) is 0 Å². The second kappa shape index (κ2) is 13.0. The van der Waals surface area contributed by atoms with Crippen LogP contribution in [0, 0.1) is 23.4 Å². The Morgan fingerprint density at radius 3 is 2.24 bits per heavy atom. The van der Waals surface area contributed by atoms with Crippen LogP contribution in [0.15, 0.2) is 54.6 Å². The molecule has 196 valence electrons. The van der Waals surface area contributed by atoms with Gasteiger partial charge in [-0.15, -0.1) is 0 Å². The van der Waals surface area contributed by atoms with E-state index in [0.29, 0.717) is 29.0 Å². The third-order valence-corrected chi connectivity index (χ3v) is 7.57. The van der Waals surface area contributed by atoms with Crippen molar-refractivity contribution in [3.63, 3.8) is 0 Å². The fraction of sp³-hybridized carbons (Fsp3) is 0.394. The second-order valence-corrected chi connectivity index (χ2v) is 10.1. The maximum absolute atomic E-state index is 15.1. The minimum absolute atomic E-state index is 0.0986. The lowest BCUT2D eigenvalue weighted by molar-refractivity contribution is 0.298. The second-order valence-electron chi connectivity index (χ2n) is 10.1. The zero-order valence-corrected chi connectivity index (χ0v) is 21.9. The van der Waals surface area contributed by atoms with Crippen molar-refractivity contribution in [2.45, 2.75) is 71.1 Å². The summed E-state index contributed by atoms with van der Waals surface area (Å²) in [6.45, 7) is 4.55. The molecule has 0 heterocycles. The molecule has 0 bridgehead atoms. The minimum atomic E-state index is -0.776. The summed E-state index contributed by atoms with van der Waals surface area (Å²) in [5.41, 5.74) is 2.69. The van der Waals surface area contributed by atoms with Crippen LogP contribution in [0.2, 0.25) is 0 Å². The summed E-state index contributed by atoms with van der Waals surface area (Å²) in [5.74, 6) is -0.516. The van der Waals surface area contributed by atoms with E-state index >= 15 is 8.78 Å². The van der Waals surface area contributed by atoms with Crippen molar-refractivity contribution in [3.05, 3.63) is 88.7 Å². The van der Waals surface area contributed by atoms with Crippen molar-refractivity contribution < 1.29 is 17.9 Å². The largest absolute Gasteiger partial charge is 0.494 e. The lowest BCUT2D eigenvalue weighted by Gasteiger charge is -2.29. The smallest absolute Gasteiger partial charge is 0.166 e. The van der Waals surface area contributed by atoms with E-state index in [0.717, 1.165) is 37.2 Å². The third-order valence-electron chi connectivity index (χ3n) is 7.57. The molecule has 1 fully saturated rings. The quantitative estimate of drug-likeness (QED) is 0.196. The molecule has 1 aliphatic rings. The average molecular weight is 507 g/mol. The molecule has 3 aromatic carbocycles. The third kappa shape index (κ3) is 6.85. The van der Waals surface area contributed by atoms with Crippen LogP contribution in [0.25, 0.3) is 23.3 Å². The first-order valence-corrected chi connectivity index (χ1v) is 13.7. The molecule has 1 saturated carbocycles. The van der Waals surface area contributed by atoms with Crippen LogP contribution in [0.3, 0.4) is 0 Å². The zero-order chi connectivity index (χ0) is 26.2. The van der Waals surface area contributed by atoms with E-state index in [2.05, 4.69) is 6.92 Å². The van der Waals surface area contributed by atoms with Crippen LogP contribution in [0.5, 0.6) is 5.75 Å². The van der Waals surface area contributed by atoms with Gasteiger partial charge in [0.05, 0.1) is 6.61 Å². The Kier molecular flexibility index (Phi) is 9.49. The fourth-order valence-corrected chi connectivity index (χ4v) is 5.41. The summed E-state index contributed by atoms with van der Waals surface area (Å²) in [5, 5.41) is 0. The highest BCUT2D eigenvalue weighted by Gasteiger charge is 2.26. The van der Waals surface area contributed by atoms with Crippen LogP contribution < -0.4 is 4.74 Å². The van der Waals surface area contributed by atoms with Crippen LogP contribution >= 0.6 is 0 Å². The van der Waals surface area contributed by atoms with Crippen molar-refractivity contribution >= 4 is 12.2 Å². The molecule has 1 aliphatic carbocycles. The standard InChI is InChI=1S/C33H37F3O/c1-3-5-6-7-23-8-13-25(14-9-23)29-20-21-30(33(36)32(29)35)26-15-10-24(11-16-26)12-17-27-18-19-28(37-4-2)22-31(27)34/h10-12,15-23,25H,3-9,13-14H2,1-2H3/b17-12+. The predicted octanol–water partition coefficient (Wildman–Crippen LogP) is 10.2. The van der Waals surface area contributed by atoms with Crippen molar-refractivity contribution in [1.82, 2.24) is 0 Å². The molecule has 0 aromatic heterocycles. The monoisotopic (exact) mass is 506 g/mol. The number of rotatable bonds is 10. The maximum atomic E-state index is 15.1. The van der Waals surface area contributed by atoms with Gasteiger partial charge in [-0.3, -0.25) is 0 Å². The van der Waals surface area contributed by atoms with E-state index < -0.39 is 11.6 Å². The van der Waals surface area contributed by atoms with E-state index in [9.17, 15) is 4.39 Å². The Morgan fingerprint density at radius 2 is 1.57 bits per heavy atom. The Bertz CT molecular complexity index is 1190. The Balaban J connectivity index is 1.42. The first-order valence-electron chi connectivity index (χ1n) is 13.7. The van der Waals surface area contributed by atoms with Gasteiger partial charge in [-0.05, 0) is 73.3 Å². The summed E-state index contributed by atoms with van der Waals surface area (Å²) in [6, 6.07) is 15.4. The topological polar surface area (TPSA) is 9.23 Å². The molecule has 0 aliphatic heterocycles. The molecule has 0 atom stereocenters. The highest BCUT2D eigenvalue weighted by atomic mass is 19.2. The molecule has 0 saturated heterocycles. The van der Waals surface area contributed by atoms with E-state index in [1.165, 1.54) is 31.7 Å². The molecular formula is C33H37F3O. The van der Waals surface area contributed by atoms with Gasteiger partial charge in [-0.2, -0.15) is 0 Å². The molecule has 0 N–H and O–H groups in total. The van der Waals surface area contributed by atoms with Crippen LogP contribution in [0.1, 0.15) is 87.8 Å². The molecule has 4 rings (SSSR count). The molecule has 0 spiro atoms. The van der Waals surface area contributed by atoms with Crippen molar-refractivity contribution in [1.29, 1.82) is 0 Å². The molecule has 4 heteroatoms. The molecule has 37 heavy (non-hydrogen) atoms. The molecule has 3 aromatic rings. The molecule has 0 amide bonds. The lowest BCUT2D eigenvalue weighted by Crippen LogP contribution is -2.15. The van der Waals surface area contributed by atoms with E-state index in [4.69, 9.17) is 4.74 Å². The Labute approximate surface area is 219 Å². The van der Waals surface area contributed by atoms with Gasteiger partial charge in [0, 0.05) is 17.2 Å². The average Bonchev–Trinajstić information content (AvgIpc) is 2.91. The van der Waals surface area contributed by atoms with Crippen LogP contribution in [-0.2, 0) is 0 Å². The fourth-order valence-electron chi connectivity index (χ4n) is 5.41. The Morgan fingerprint density at radius 1 is 0.811 bits per heavy atom. The summed E-state index contributed by atoms with van der Waals surface area (Å²) in [6.07, 6.45) is 12.6. The maximum Gasteiger partial charge on any atom is 0.166 e. The molecule has 1 nitrogen and oxygen atoms in total. The lowest BCUT2D eigenvalue weighted by atomic mass is 9.76. The number of halogens is 3. The van der Waals surface area contributed by atoms with Gasteiger partial charge in [0.15, 0.2) is 11.6 Å². The highest BCUT2D eigenvalue weighted by Crippen LogP contribution is 2.40.